The monoisotopic (exact) mass is 245 g/mol. The highest BCUT2D eigenvalue weighted by atomic mass is 16.4. The molecule has 0 saturated carbocycles. The van der Waals surface area contributed by atoms with Crippen LogP contribution < -0.4 is 10.6 Å². The van der Waals surface area contributed by atoms with Gasteiger partial charge in [0, 0.05) is 26.1 Å². The Morgan fingerprint density at radius 3 is 2.82 bits per heavy atom. The molecule has 96 valence electrons. The highest BCUT2D eigenvalue weighted by Crippen LogP contribution is 1.95. The van der Waals surface area contributed by atoms with Crippen molar-refractivity contribution in [3.05, 3.63) is 0 Å². The molecule has 3 amide bonds. The second-order valence-electron chi connectivity index (χ2n) is 3.65. The highest BCUT2D eigenvalue weighted by molar-refractivity contribution is 5.85. The molecule has 1 atom stereocenters. The molecule has 0 bridgehead atoms. The average molecular weight is 245 g/mol. The first-order chi connectivity index (χ1) is 8.00. The van der Waals surface area contributed by atoms with Crippen molar-refractivity contribution in [2.45, 2.75) is 12.5 Å². The number of nitrogens with zero attached hydrogens (tertiary/aromatic N) is 1. The molecule has 0 aromatic carbocycles. The molecule has 1 saturated heterocycles. The summed E-state index contributed by atoms with van der Waals surface area (Å²) < 4.78 is 0. The van der Waals surface area contributed by atoms with Gasteiger partial charge in [-0.3, -0.25) is 4.79 Å². The Balaban J connectivity index is 2.25. The number of aliphatic carboxylic acids is 1. The number of rotatable bonds is 4. The zero-order chi connectivity index (χ0) is 12.8. The van der Waals surface area contributed by atoms with Crippen molar-refractivity contribution >= 4 is 17.9 Å². The van der Waals surface area contributed by atoms with Gasteiger partial charge in [0.25, 0.3) is 0 Å². The van der Waals surface area contributed by atoms with Crippen LogP contribution in [-0.2, 0) is 9.59 Å². The van der Waals surface area contributed by atoms with Gasteiger partial charge >= 0.3 is 12.0 Å². The van der Waals surface area contributed by atoms with E-state index in [2.05, 4.69) is 10.6 Å². The van der Waals surface area contributed by atoms with E-state index in [0.29, 0.717) is 13.1 Å². The predicted molar refractivity (Wildman–Crippen MR) is 56.2 cm³/mol. The van der Waals surface area contributed by atoms with Crippen LogP contribution in [0.15, 0.2) is 0 Å². The van der Waals surface area contributed by atoms with Gasteiger partial charge in [-0.2, -0.15) is 0 Å². The van der Waals surface area contributed by atoms with Crippen molar-refractivity contribution in [1.82, 2.24) is 15.5 Å². The molecular weight excluding hydrogens is 230 g/mol. The molecule has 8 heteroatoms. The number of hydrogen-bond donors (Lipinski definition) is 4. The Bertz CT molecular complexity index is 320. The van der Waals surface area contributed by atoms with Gasteiger partial charge in [-0.05, 0) is 0 Å². The maximum absolute atomic E-state index is 11.5. The van der Waals surface area contributed by atoms with Gasteiger partial charge in [-0.25, -0.2) is 9.59 Å². The number of carbonyl (C=O) groups is 3. The predicted octanol–water partition coefficient (Wildman–Crippen LogP) is -2.04. The van der Waals surface area contributed by atoms with Gasteiger partial charge in [0.15, 0.2) is 6.10 Å². The Morgan fingerprint density at radius 1 is 1.53 bits per heavy atom. The van der Waals surface area contributed by atoms with E-state index in [4.69, 9.17) is 10.2 Å². The van der Waals surface area contributed by atoms with Gasteiger partial charge in [0.1, 0.15) is 6.54 Å². The number of carbonyl (C=O) groups excluding carboxylic acids is 2. The molecule has 1 fully saturated rings. The van der Waals surface area contributed by atoms with Gasteiger partial charge in [0.05, 0.1) is 0 Å². The summed E-state index contributed by atoms with van der Waals surface area (Å²) in [6, 6.07) is -0.433. The van der Waals surface area contributed by atoms with Crippen LogP contribution in [0.4, 0.5) is 4.79 Å². The molecule has 0 spiro atoms. The summed E-state index contributed by atoms with van der Waals surface area (Å²) in [4.78, 5) is 34.1. The van der Waals surface area contributed by atoms with Gasteiger partial charge < -0.3 is 25.7 Å². The van der Waals surface area contributed by atoms with E-state index in [9.17, 15) is 14.4 Å². The van der Waals surface area contributed by atoms with Crippen LogP contribution in [0, 0.1) is 0 Å². The van der Waals surface area contributed by atoms with Gasteiger partial charge in [-0.1, -0.05) is 0 Å². The SMILES string of the molecule is O=C1CN(C(=O)NCCC(O)C(=O)O)CCN1. The lowest BCUT2D eigenvalue weighted by Crippen LogP contribution is -2.53. The van der Waals surface area contributed by atoms with E-state index in [-0.39, 0.29) is 25.4 Å². The van der Waals surface area contributed by atoms with Crippen LogP contribution in [0.1, 0.15) is 6.42 Å². The molecular formula is C9H15N3O5. The number of nitrogens with one attached hydrogen (secondary N) is 2. The fourth-order valence-electron chi connectivity index (χ4n) is 1.36. The number of hydrogen-bond acceptors (Lipinski definition) is 4. The van der Waals surface area contributed by atoms with Gasteiger partial charge in [-0.15, -0.1) is 0 Å². The third kappa shape index (κ3) is 4.27. The molecule has 0 aromatic heterocycles. The Labute approximate surface area is 97.6 Å². The van der Waals surface area contributed by atoms with E-state index in [1.807, 2.05) is 0 Å². The van der Waals surface area contributed by atoms with Crippen molar-refractivity contribution in [2.75, 3.05) is 26.2 Å². The smallest absolute Gasteiger partial charge is 0.332 e. The van der Waals surface area contributed by atoms with Crippen molar-refractivity contribution in [2.24, 2.45) is 0 Å². The Kier molecular flexibility index (Phi) is 4.70. The quantitative estimate of drug-likeness (QED) is 0.455. The highest BCUT2D eigenvalue weighted by Gasteiger charge is 2.21. The number of piperazine rings is 1. The minimum absolute atomic E-state index is 0.00663. The van der Waals surface area contributed by atoms with E-state index < -0.39 is 18.1 Å². The van der Waals surface area contributed by atoms with Crippen LogP contribution in [0.3, 0.4) is 0 Å². The first kappa shape index (κ1) is 13.2. The summed E-state index contributed by atoms with van der Waals surface area (Å²) in [5.41, 5.74) is 0. The average Bonchev–Trinajstić information content (AvgIpc) is 2.28. The maximum atomic E-state index is 11.5. The molecule has 1 unspecified atom stereocenters. The second kappa shape index (κ2) is 6.04. The fourth-order valence-corrected chi connectivity index (χ4v) is 1.36. The maximum Gasteiger partial charge on any atom is 0.332 e. The normalized spacial score (nSPS) is 17.2. The molecule has 0 aliphatic carbocycles. The number of carboxylic acid groups (broad SMARTS) is 1. The molecule has 1 aliphatic rings. The van der Waals surface area contributed by atoms with Crippen molar-refractivity contribution < 1.29 is 24.6 Å². The topological polar surface area (TPSA) is 119 Å². The van der Waals surface area contributed by atoms with Crippen molar-refractivity contribution in [3.63, 3.8) is 0 Å². The fraction of sp³-hybridized carbons (Fsp3) is 0.667. The standard InChI is InChI=1S/C9H15N3O5/c13-6(8(15)16)1-2-11-9(17)12-4-3-10-7(14)5-12/h6,13H,1-5H2,(H,10,14)(H,11,17)(H,15,16). The number of aliphatic hydroxyl groups excluding tert-OH is 1. The van der Waals surface area contributed by atoms with E-state index in [1.54, 1.807) is 0 Å². The summed E-state index contributed by atoms with van der Waals surface area (Å²) in [7, 11) is 0. The summed E-state index contributed by atoms with van der Waals surface area (Å²) in [6.07, 6.45) is -1.55. The zero-order valence-electron chi connectivity index (χ0n) is 9.18. The van der Waals surface area contributed by atoms with E-state index in [1.165, 1.54) is 4.90 Å². The van der Waals surface area contributed by atoms with Crippen LogP contribution in [0.25, 0.3) is 0 Å². The van der Waals surface area contributed by atoms with Crippen LogP contribution in [0.2, 0.25) is 0 Å². The van der Waals surface area contributed by atoms with Gasteiger partial charge in [0.2, 0.25) is 5.91 Å². The Hall–Kier alpha value is -1.83. The molecule has 1 aliphatic heterocycles. The second-order valence-corrected chi connectivity index (χ2v) is 3.65. The van der Waals surface area contributed by atoms with Crippen LogP contribution in [-0.4, -0.2) is 65.3 Å². The lowest BCUT2D eigenvalue weighted by molar-refractivity contribution is -0.146. The third-order valence-corrected chi connectivity index (χ3v) is 2.30. The number of amides is 3. The lowest BCUT2D eigenvalue weighted by Gasteiger charge is -2.26. The molecule has 17 heavy (non-hydrogen) atoms. The molecule has 1 rings (SSSR count). The molecule has 4 N–H and O–H groups in total. The molecule has 0 aromatic rings. The number of carboxylic acids is 1. The first-order valence-corrected chi connectivity index (χ1v) is 5.21. The van der Waals surface area contributed by atoms with Crippen LogP contribution in [0.5, 0.6) is 0 Å². The minimum atomic E-state index is -1.49. The minimum Gasteiger partial charge on any atom is -0.479 e. The third-order valence-electron chi connectivity index (χ3n) is 2.30. The Morgan fingerprint density at radius 2 is 2.24 bits per heavy atom. The van der Waals surface area contributed by atoms with Crippen LogP contribution >= 0.6 is 0 Å². The summed E-state index contributed by atoms with van der Waals surface area (Å²) in [5.74, 6) is -1.55. The lowest BCUT2D eigenvalue weighted by atomic mass is 10.2. The molecule has 8 nitrogen and oxygen atoms in total. The molecule has 0 radical (unpaired) electrons. The number of aliphatic hydroxyl groups is 1. The zero-order valence-corrected chi connectivity index (χ0v) is 9.18. The largest absolute Gasteiger partial charge is 0.479 e. The first-order valence-electron chi connectivity index (χ1n) is 5.21. The van der Waals surface area contributed by atoms with Crippen molar-refractivity contribution in [3.8, 4) is 0 Å². The molecule has 1 heterocycles. The number of urea groups is 1. The summed E-state index contributed by atoms with van der Waals surface area (Å²) in [5, 5.41) is 22.4. The van der Waals surface area contributed by atoms with Crippen molar-refractivity contribution in [1.29, 1.82) is 0 Å². The van der Waals surface area contributed by atoms with E-state index in [0.717, 1.165) is 0 Å². The van der Waals surface area contributed by atoms with E-state index >= 15 is 0 Å². The summed E-state index contributed by atoms with van der Waals surface area (Å²) >= 11 is 0. The summed E-state index contributed by atoms with van der Waals surface area (Å²) in [6.45, 7) is 0.862.